The molecular formula is C11H16N2S. The summed E-state index contributed by atoms with van der Waals surface area (Å²) in [6.07, 6.45) is 2.82. The minimum atomic E-state index is 0.346. The molecule has 0 radical (unpaired) electrons. The summed E-state index contributed by atoms with van der Waals surface area (Å²) in [4.78, 5) is 5.54. The molecule has 2 nitrogen and oxygen atoms in total. The maximum Gasteiger partial charge on any atom is 0.0897 e. The maximum absolute atomic E-state index is 4.26. The normalized spacial score (nSPS) is 11.9. The Morgan fingerprint density at radius 1 is 1.64 bits per heavy atom. The summed E-state index contributed by atoms with van der Waals surface area (Å²) in [5, 5.41) is 4.53. The van der Waals surface area contributed by atoms with Gasteiger partial charge in [0.15, 0.2) is 0 Å². The summed E-state index contributed by atoms with van der Waals surface area (Å²) >= 11 is 1.74. The Bertz CT molecular complexity index is 333. The van der Waals surface area contributed by atoms with E-state index in [1.54, 1.807) is 11.3 Å². The van der Waals surface area contributed by atoms with Gasteiger partial charge in [-0.15, -0.1) is 23.2 Å². The van der Waals surface area contributed by atoms with E-state index in [2.05, 4.69) is 29.1 Å². The van der Waals surface area contributed by atoms with Crippen molar-refractivity contribution in [1.82, 2.24) is 10.3 Å². The molecule has 0 saturated carbocycles. The molecule has 1 heterocycles. The van der Waals surface area contributed by atoms with Crippen LogP contribution in [0.1, 0.15) is 36.2 Å². The first-order valence-corrected chi connectivity index (χ1v) is 5.65. The third-order valence-corrected chi connectivity index (χ3v) is 2.94. The highest BCUT2D eigenvalue weighted by atomic mass is 32.1. The fraction of sp³-hybridized carbons (Fsp3) is 0.545. The van der Waals surface area contributed by atoms with Gasteiger partial charge < -0.3 is 5.32 Å². The van der Waals surface area contributed by atoms with Crippen LogP contribution in [0.2, 0.25) is 0 Å². The van der Waals surface area contributed by atoms with Crippen LogP contribution in [0.3, 0.4) is 0 Å². The molecule has 0 bridgehead atoms. The van der Waals surface area contributed by atoms with Crippen LogP contribution in [0.15, 0.2) is 6.20 Å². The molecule has 0 saturated heterocycles. The van der Waals surface area contributed by atoms with E-state index in [1.165, 1.54) is 4.88 Å². The highest BCUT2D eigenvalue weighted by molar-refractivity contribution is 7.11. The molecule has 1 unspecified atom stereocenters. The molecule has 76 valence electrons. The minimum Gasteiger partial charge on any atom is -0.309 e. The summed E-state index contributed by atoms with van der Waals surface area (Å²) < 4.78 is 0. The molecule has 0 aliphatic heterocycles. The van der Waals surface area contributed by atoms with E-state index in [4.69, 9.17) is 0 Å². The lowest BCUT2D eigenvalue weighted by molar-refractivity contribution is 0.573. The van der Waals surface area contributed by atoms with Crippen LogP contribution < -0.4 is 5.32 Å². The zero-order valence-electron chi connectivity index (χ0n) is 8.92. The van der Waals surface area contributed by atoms with Crippen molar-refractivity contribution in [2.24, 2.45) is 0 Å². The lowest BCUT2D eigenvalue weighted by Gasteiger charge is -2.12. The van der Waals surface area contributed by atoms with Gasteiger partial charge in [-0.05, 0) is 20.4 Å². The highest BCUT2D eigenvalue weighted by Gasteiger charge is 2.11. The van der Waals surface area contributed by atoms with E-state index >= 15 is 0 Å². The molecule has 0 aliphatic carbocycles. The van der Waals surface area contributed by atoms with Gasteiger partial charge in [0.1, 0.15) is 0 Å². The monoisotopic (exact) mass is 208 g/mol. The summed E-state index contributed by atoms with van der Waals surface area (Å²) in [6, 6.07) is 0.346. The van der Waals surface area contributed by atoms with Crippen molar-refractivity contribution >= 4 is 11.3 Å². The Balaban J connectivity index is 2.69. The van der Waals surface area contributed by atoms with Gasteiger partial charge in [0, 0.05) is 17.5 Å². The molecule has 1 N–H and O–H groups in total. The number of thiazole rings is 1. The topological polar surface area (TPSA) is 24.9 Å². The van der Waals surface area contributed by atoms with E-state index in [0.717, 1.165) is 18.0 Å². The molecule has 0 aliphatic rings. The molecule has 1 aromatic rings. The summed E-state index contributed by atoms with van der Waals surface area (Å²) in [5.41, 5.74) is 0. The van der Waals surface area contributed by atoms with Gasteiger partial charge in [-0.2, -0.15) is 0 Å². The van der Waals surface area contributed by atoms with E-state index in [0.29, 0.717) is 6.04 Å². The largest absolute Gasteiger partial charge is 0.309 e. The molecule has 1 atom stereocenters. The van der Waals surface area contributed by atoms with Crippen molar-refractivity contribution in [2.75, 3.05) is 6.54 Å². The van der Waals surface area contributed by atoms with Gasteiger partial charge in [-0.25, -0.2) is 4.98 Å². The quantitative estimate of drug-likeness (QED) is 0.769. The number of hydrogen-bond acceptors (Lipinski definition) is 3. The number of nitrogens with zero attached hydrogens (tertiary/aromatic N) is 1. The van der Waals surface area contributed by atoms with Crippen LogP contribution in [0.25, 0.3) is 0 Å². The number of hydrogen-bond donors (Lipinski definition) is 1. The Morgan fingerprint density at radius 3 is 2.93 bits per heavy atom. The second-order valence-corrected chi connectivity index (χ2v) is 4.29. The van der Waals surface area contributed by atoms with Gasteiger partial charge in [0.25, 0.3) is 0 Å². The molecule has 1 rings (SSSR count). The first-order valence-electron chi connectivity index (χ1n) is 4.83. The van der Waals surface area contributed by atoms with Crippen LogP contribution in [0.5, 0.6) is 0 Å². The van der Waals surface area contributed by atoms with E-state index in [9.17, 15) is 0 Å². The average molecular weight is 208 g/mol. The number of aryl methyl sites for hydroxylation is 1. The van der Waals surface area contributed by atoms with Crippen molar-refractivity contribution < 1.29 is 0 Å². The number of rotatable bonds is 4. The SMILES string of the molecule is CC#CCC(NCC)c1cnc(C)s1. The van der Waals surface area contributed by atoms with E-state index < -0.39 is 0 Å². The molecule has 0 fully saturated rings. The predicted octanol–water partition coefficient (Wildman–Crippen LogP) is 2.52. The fourth-order valence-electron chi connectivity index (χ4n) is 1.26. The third-order valence-electron chi connectivity index (χ3n) is 1.92. The minimum absolute atomic E-state index is 0.346. The maximum atomic E-state index is 4.26. The average Bonchev–Trinajstić information content (AvgIpc) is 2.59. The van der Waals surface area contributed by atoms with Gasteiger partial charge >= 0.3 is 0 Å². The van der Waals surface area contributed by atoms with E-state index in [1.807, 2.05) is 20.0 Å². The van der Waals surface area contributed by atoms with Crippen molar-refractivity contribution in [3.63, 3.8) is 0 Å². The van der Waals surface area contributed by atoms with Gasteiger partial charge in [0.2, 0.25) is 0 Å². The zero-order valence-corrected chi connectivity index (χ0v) is 9.74. The van der Waals surface area contributed by atoms with Crippen LogP contribution in [-0.2, 0) is 0 Å². The number of aromatic nitrogens is 1. The van der Waals surface area contributed by atoms with Crippen LogP contribution in [0, 0.1) is 18.8 Å². The number of nitrogens with one attached hydrogen (secondary N) is 1. The fourth-order valence-corrected chi connectivity index (χ4v) is 2.12. The molecule has 1 aromatic heterocycles. The molecule has 0 spiro atoms. The molecule has 0 amide bonds. The van der Waals surface area contributed by atoms with Gasteiger partial charge in [-0.3, -0.25) is 0 Å². The standard InChI is InChI=1S/C11H16N2S/c1-4-6-7-10(12-5-2)11-8-13-9(3)14-11/h8,10,12H,5,7H2,1-3H3. The Morgan fingerprint density at radius 2 is 2.43 bits per heavy atom. The zero-order chi connectivity index (χ0) is 10.4. The molecular weight excluding hydrogens is 192 g/mol. The van der Waals surface area contributed by atoms with Crippen LogP contribution in [0.4, 0.5) is 0 Å². The lowest BCUT2D eigenvalue weighted by atomic mass is 10.2. The molecule has 3 heteroatoms. The van der Waals surface area contributed by atoms with Gasteiger partial charge in [0.05, 0.1) is 11.0 Å². The van der Waals surface area contributed by atoms with Crippen LogP contribution >= 0.6 is 11.3 Å². The highest BCUT2D eigenvalue weighted by Crippen LogP contribution is 2.22. The lowest BCUT2D eigenvalue weighted by Crippen LogP contribution is -2.19. The Labute approximate surface area is 89.8 Å². The molecule has 14 heavy (non-hydrogen) atoms. The molecule has 0 aromatic carbocycles. The van der Waals surface area contributed by atoms with Crippen molar-refractivity contribution in [1.29, 1.82) is 0 Å². The third kappa shape index (κ3) is 3.13. The van der Waals surface area contributed by atoms with Gasteiger partial charge in [-0.1, -0.05) is 6.92 Å². The van der Waals surface area contributed by atoms with Crippen molar-refractivity contribution in [3.8, 4) is 11.8 Å². The van der Waals surface area contributed by atoms with Crippen molar-refractivity contribution in [2.45, 2.75) is 33.2 Å². The summed E-state index contributed by atoms with van der Waals surface area (Å²) in [6.45, 7) is 6.98. The Kier molecular flexibility index (Phi) is 4.64. The van der Waals surface area contributed by atoms with E-state index in [-0.39, 0.29) is 0 Å². The predicted molar refractivity (Wildman–Crippen MR) is 61.3 cm³/mol. The van der Waals surface area contributed by atoms with Crippen LogP contribution in [-0.4, -0.2) is 11.5 Å². The first-order chi connectivity index (χ1) is 6.77. The first kappa shape index (κ1) is 11.2. The smallest absolute Gasteiger partial charge is 0.0897 e. The Hall–Kier alpha value is -0.850. The van der Waals surface area contributed by atoms with Crippen molar-refractivity contribution in [3.05, 3.63) is 16.1 Å². The second kappa shape index (κ2) is 5.79. The summed E-state index contributed by atoms with van der Waals surface area (Å²) in [5.74, 6) is 6.03. The summed E-state index contributed by atoms with van der Waals surface area (Å²) in [7, 11) is 0. The second-order valence-electron chi connectivity index (χ2n) is 3.02.